The summed E-state index contributed by atoms with van der Waals surface area (Å²) in [4.78, 5) is 11.3. The van der Waals surface area contributed by atoms with Crippen molar-refractivity contribution < 1.29 is 10.2 Å². The number of halogens is 1. The molecule has 2 N–H and O–H groups in total. The number of para-hydroxylation sites is 2. The number of fused-ring (bicyclic) bond motifs is 1. The van der Waals surface area contributed by atoms with E-state index < -0.39 is 0 Å². The van der Waals surface area contributed by atoms with Gasteiger partial charge in [-0.1, -0.05) is 30.7 Å². The fourth-order valence-corrected chi connectivity index (χ4v) is 4.09. The van der Waals surface area contributed by atoms with Crippen LogP contribution in [-0.4, -0.2) is 51.1 Å². The highest BCUT2D eigenvalue weighted by Crippen LogP contribution is 2.39. The molecule has 3 heterocycles. The molecule has 2 aromatic heterocycles. The Morgan fingerprint density at radius 2 is 2.07 bits per heavy atom. The molecule has 0 spiro atoms. The first-order valence-corrected chi connectivity index (χ1v) is 9.38. The minimum Gasteiger partial charge on any atom is -0.396 e. The Morgan fingerprint density at radius 3 is 2.74 bits per heavy atom. The summed E-state index contributed by atoms with van der Waals surface area (Å²) in [5.41, 5.74) is 2.42. The first kappa shape index (κ1) is 18.2. The first-order valence-electron chi connectivity index (χ1n) is 9.01. The maximum atomic E-state index is 9.79. The van der Waals surface area contributed by atoms with Crippen molar-refractivity contribution in [3.05, 3.63) is 41.6 Å². The van der Waals surface area contributed by atoms with Crippen LogP contribution in [0.4, 0.5) is 5.82 Å². The third-order valence-electron chi connectivity index (χ3n) is 5.75. The maximum absolute atomic E-state index is 9.79. The monoisotopic (exact) mass is 386 g/mol. The summed E-state index contributed by atoms with van der Waals surface area (Å²) < 4.78 is 2.03. The number of aliphatic hydroxyl groups is 2. The minimum absolute atomic E-state index is 0.000762. The highest BCUT2D eigenvalue weighted by molar-refractivity contribution is 6.33. The predicted molar refractivity (Wildman–Crippen MR) is 107 cm³/mol. The van der Waals surface area contributed by atoms with Gasteiger partial charge in [0, 0.05) is 49.8 Å². The number of aromatic nitrogens is 3. The molecule has 27 heavy (non-hydrogen) atoms. The van der Waals surface area contributed by atoms with Gasteiger partial charge >= 0.3 is 0 Å². The van der Waals surface area contributed by atoms with Gasteiger partial charge in [0.15, 0.2) is 0 Å². The van der Waals surface area contributed by atoms with Crippen LogP contribution in [0.3, 0.4) is 0 Å². The van der Waals surface area contributed by atoms with Gasteiger partial charge in [0.25, 0.3) is 0 Å². The average molecular weight is 387 g/mol. The van der Waals surface area contributed by atoms with Crippen LogP contribution < -0.4 is 4.90 Å². The van der Waals surface area contributed by atoms with Gasteiger partial charge < -0.3 is 19.7 Å². The summed E-state index contributed by atoms with van der Waals surface area (Å²) in [6, 6.07) is 9.91. The molecule has 0 amide bonds. The Morgan fingerprint density at radius 1 is 1.30 bits per heavy atom. The smallest absolute Gasteiger partial charge is 0.142 e. The molecule has 0 saturated carbocycles. The fourth-order valence-electron chi connectivity index (χ4n) is 3.91. The van der Waals surface area contributed by atoms with Crippen LogP contribution in [0.15, 0.2) is 36.5 Å². The number of hydrogen-bond donors (Lipinski definition) is 2. The van der Waals surface area contributed by atoms with Gasteiger partial charge in [0.2, 0.25) is 0 Å². The summed E-state index contributed by atoms with van der Waals surface area (Å²) >= 11 is 6.46. The Bertz CT molecular complexity index is 989. The Kier molecular flexibility index (Phi) is 4.58. The van der Waals surface area contributed by atoms with Gasteiger partial charge in [-0.3, -0.25) is 0 Å². The minimum atomic E-state index is -0.353. The zero-order valence-electron chi connectivity index (χ0n) is 15.4. The van der Waals surface area contributed by atoms with Gasteiger partial charge in [-0.2, -0.15) is 0 Å². The van der Waals surface area contributed by atoms with E-state index in [0.29, 0.717) is 18.1 Å². The molecule has 1 saturated heterocycles. The van der Waals surface area contributed by atoms with E-state index in [2.05, 4.69) is 9.88 Å². The number of aryl methyl sites for hydroxylation is 1. The Labute approximate surface area is 163 Å². The molecule has 0 aliphatic carbocycles. The Hall–Kier alpha value is -2.15. The van der Waals surface area contributed by atoms with Crippen LogP contribution in [-0.2, 0) is 7.05 Å². The number of anilines is 1. The van der Waals surface area contributed by atoms with Gasteiger partial charge in [0.05, 0.1) is 22.7 Å². The van der Waals surface area contributed by atoms with Crippen molar-refractivity contribution in [2.75, 3.05) is 31.2 Å². The van der Waals surface area contributed by atoms with E-state index in [1.54, 1.807) is 6.20 Å². The lowest BCUT2D eigenvalue weighted by atomic mass is 9.81. The third kappa shape index (κ3) is 2.98. The normalized spacial score (nSPS) is 22.7. The molecule has 7 heteroatoms. The lowest BCUT2D eigenvalue weighted by Crippen LogP contribution is -2.32. The zero-order chi connectivity index (χ0) is 19.2. The standard InChI is InChI=1S/C20H23ClN4O2/c1-20(12-27)11-25(9-13(20)10-26)18-7-14(15(21)8-22-18)19-23-16-5-3-4-6-17(16)24(19)2/h3-8,13,26-27H,9-12H2,1-2H3/t13-,20-/m0/s1. The molecule has 0 bridgehead atoms. The van der Waals surface area contributed by atoms with Crippen LogP contribution in [0.1, 0.15) is 6.92 Å². The van der Waals surface area contributed by atoms with E-state index in [1.807, 2.05) is 48.9 Å². The van der Waals surface area contributed by atoms with E-state index in [1.165, 1.54) is 0 Å². The van der Waals surface area contributed by atoms with Crippen molar-refractivity contribution in [1.29, 1.82) is 0 Å². The van der Waals surface area contributed by atoms with Crippen molar-refractivity contribution in [1.82, 2.24) is 14.5 Å². The quantitative estimate of drug-likeness (QED) is 0.721. The molecule has 0 radical (unpaired) electrons. The highest BCUT2D eigenvalue weighted by atomic mass is 35.5. The molecule has 1 aromatic carbocycles. The highest BCUT2D eigenvalue weighted by Gasteiger charge is 2.42. The molecule has 1 aliphatic heterocycles. The molecule has 142 valence electrons. The van der Waals surface area contributed by atoms with Gasteiger partial charge in [-0.15, -0.1) is 0 Å². The number of nitrogens with zero attached hydrogens (tertiary/aromatic N) is 4. The third-order valence-corrected chi connectivity index (χ3v) is 6.05. The molecule has 1 fully saturated rings. The summed E-state index contributed by atoms with van der Waals surface area (Å²) in [7, 11) is 1.97. The van der Waals surface area contributed by atoms with Crippen LogP contribution in [0, 0.1) is 11.3 Å². The second-order valence-electron chi connectivity index (χ2n) is 7.58. The van der Waals surface area contributed by atoms with Crippen molar-refractivity contribution in [3.8, 4) is 11.4 Å². The van der Waals surface area contributed by atoms with E-state index in [0.717, 1.165) is 28.2 Å². The van der Waals surface area contributed by atoms with Crippen molar-refractivity contribution in [2.45, 2.75) is 6.92 Å². The summed E-state index contributed by atoms with van der Waals surface area (Å²) in [6.07, 6.45) is 1.65. The molecule has 3 aromatic rings. The van der Waals surface area contributed by atoms with Gasteiger partial charge in [-0.25, -0.2) is 9.97 Å². The lowest BCUT2D eigenvalue weighted by Gasteiger charge is -2.26. The molecule has 0 unspecified atom stereocenters. The maximum Gasteiger partial charge on any atom is 0.142 e. The summed E-state index contributed by atoms with van der Waals surface area (Å²) in [5, 5.41) is 20.0. The molecule has 1 aliphatic rings. The largest absolute Gasteiger partial charge is 0.396 e. The molecule has 6 nitrogen and oxygen atoms in total. The Balaban J connectivity index is 1.75. The summed E-state index contributed by atoms with van der Waals surface area (Å²) in [6.45, 7) is 3.34. The molecule has 4 rings (SSSR count). The van der Waals surface area contributed by atoms with E-state index >= 15 is 0 Å². The number of imidazole rings is 1. The average Bonchev–Trinajstić information content (AvgIpc) is 3.20. The number of pyridine rings is 1. The predicted octanol–water partition coefficient (Wildman–Crippen LogP) is 2.72. The van der Waals surface area contributed by atoms with Gasteiger partial charge in [-0.05, 0) is 18.2 Å². The number of rotatable bonds is 4. The second-order valence-corrected chi connectivity index (χ2v) is 7.98. The number of hydrogen-bond acceptors (Lipinski definition) is 5. The number of aliphatic hydroxyl groups excluding tert-OH is 2. The number of benzene rings is 1. The first-order chi connectivity index (χ1) is 13.0. The SMILES string of the molecule is Cn1c(-c2cc(N3C[C@@H](CO)[C@](C)(CO)C3)ncc2Cl)nc2ccccc21. The van der Waals surface area contributed by atoms with E-state index in [9.17, 15) is 10.2 Å². The van der Waals surface area contributed by atoms with E-state index in [-0.39, 0.29) is 24.5 Å². The molecule has 2 atom stereocenters. The fraction of sp³-hybridized carbons (Fsp3) is 0.400. The van der Waals surface area contributed by atoms with Crippen LogP contribution in [0.25, 0.3) is 22.4 Å². The van der Waals surface area contributed by atoms with Crippen molar-refractivity contribution in [2.24, 2.45) is 18.4 Å². The molecular formula is C20H23ClN4O2. The van der Waals surface area contributed by atoms with Crippen molar-refractivity contribution >= 4 is 28.5 Å². The van der Waals surface area contributed by atoms with Crippen molar-refractivity contribution in [3.63, 3.8) is 0 Å². The van der Waals surface area contributed by atoms with E-state index in [4.69, 9.17) is 16.6 Å². The lowest BCUT2D eigenvalue weighted by molar-refractivity contribution is 0.0798. The zero-order valence-corrected chi connectivity index (χ0v) is 16.2. The van der Waals surface area contributed by atoms with Crippen LogP contribution >= 0.6 is 11.6 Å². The molecular weight excluding hydrogens is 364 g/mol. The van der Waals surface area contributed by atoms with Crippen LogP contribution in [0.5, 0.6) is 0 Å². The van der Waals surface area contributed by atoms with Crippen LogP contribution in [0.2, 0.25) is 5.02 Å². The second kappa shape index (κ2) is 6.78. The summed E-state index contributed by atoms with van der Waals surface area (Å²) in [5.74, 6) is 1.56. The topological polar surface area (TPSA) is 74.4 Å². The van der Waals surface area contributed by atoms with Gasteiger partial charge in [0.1, 0.15) is 11.6 Å².